The van der Waals surface area contributed by atoms with E-state index in [0.29, 0.717) is 5.92 Å². The molecule has 0 unspecified atom stereocenters. The van der Waals surface area contributed by atoms with Crippen molar-refractivity contribution in [3.8, 4) is 0 Å². The zero-order valence-corrected chi connectivity index (χ0v) is 10.1. The summed E-state index contributed by atoms with van der Waals surface area (Å²) >= 11 is 0. The van der Waals surface area contributed by atoms with Gasteiger partial charge in [0, 0.05) is 5.56 Å². The summed E-state index contributed by atoms with van der Waals surface area (Å²) in [6, 6.07) is 8.60. The van der Waals surface area contributed by atoms with Crippen molar-refractivity contribution < 1.29 is 4.74 Å². The van der Waals surface area contributed by atoms with Crippen LogP contribution in [0.1, 0.15) is 31.9 Å². The second-order valence-electron chi connectivity index (χ2n) is 4.15. The lowest BCUT2D eigenvalue weighted by atomic mass is 10.0. The van der Waals surface area contributed by atoms with Crippen molar-refractivity contribution in [2.45, 2.75) is 27.2 Å². The summed E-state index contributed by atoms with van der Waals surface area (Å²) in [6.07, 6.45) is 3.12. The standard InChI is InChI=1S/C14H20O/c1-5-14(15-4)13-8-6-12(7-9-13)10-11(2)3/h5-9,11H,10H2,1-4H3. The molecule has 0 saturated carbocycles. The van der Waals surface area contributed by atoms with Gasteiger partial charge in [-0.05, 0) is 30.9 Å². The minimum Gasteiger partial charge on any atom is -0.496 e. The van der Waals surface area contributed by atoms with E-state index in [9.17, 15) is 0 Å². The first-order chi connectivity index (χ1) is 7.17. The van der Waals surface area contributed by atoms with Gasteiger partial charge in [-0.1, -0.05) is 38.1 Å². The zero-order chi connectivity index (χ0) is 11.3. The molecule has 0 aliphatic carbocycles. The number of methoxy groups -OCH3 is 1. The minimum absolute atomic E-state index is 0.708. The molecule has 0 heterocycles. The fourth-order valence-corrected chi connectivity index (χ4v) is 1.68. The molecule has 1 aromatic rings. The smallest absolute Gasteiger partial charge is 0.121 e. The molecule has 0 amide bonds. The molecule has 0 aliphatic rings. The molecule has 0 spiro atoms. The van der Waals surface area contributed by atoms with Crippen molar-refractivity contribution in [2.75, 3.05) is 7.11 Å². The molecule has 0 radical (unpaired) electrons. The van der Waals surface area contributed by atoms with Gasteiger partial charge in [0.2, 0.25) is 0 Å². The monoisotopic (exact) mass is 204 g/mol. The Labute approximate surface area is 92.8 Å². The molecular weight excluding hydrogens is 184 g/mol. The third kappa shape index (κ3) is 3.43. The quantitative estimate of drug-likeness (QED) is 0.676. The molecule has 0 N–H and O–H groups in total. The first-order valence-electron chi connectivity index (χ1n) is 5.47. The summed E-state index contributed by atoms with van der Waals surface area (Å²) < 4.78 is 5.27. The molecule has 1 rings (SSSR count). The fourth-order valence-electron chi connectivity index (χ4n) is 1.68. The Bertz CT molecular complexity index is 320. The minimum atomic E-state index is 0.708. The Morgan fingerprint density at radius 3 is 2.27 bits per heavy atom. The SMILES string of the molecule is CC=C(OC)c1ccc(CC(C)C)cc1. The van der Waals surface area contributed by atoms with Crippen LogP contribution >= 0.6 is 0 Å². The van der Waals surface area contributed by atoms with Crippen molar-refractivity contribution in [2.24, 2.45) is 5.92 Å². The van der Waals surface area contributed by atoms with Gasteiger partial charge in [0.15, 0.2) is 0 Å². The normalized spacial score (nSPS) is 11.9. The first-order valence-corrected chi connectivity index (χ1v) is 5.47. The third-order valence-corrected chi connectivity index (χ3v) is 2.36. The summed E-state index contributed by atoms with van der Waals surface area (Å²) in [6.45, 7) is 6.46. The zero-order valence-electron chi connectivity index (χ0n) is 10.1. The lowest BCUT2D eigenvalue weighted by Gasteiger charge is -2.08. The predicted molar refractivity (Wildman–Crippen MR) is 65.6 cm³/mol. The predicted octanol–water partition coefficient (Wildman–Crippen LogP) is 3.89. The van der Waals surface area contributed by atoms with Gasteiger partial charge in [0.1, 0.15) is 5.76 Å². The van der Waals surface area contributed by atoms with Crippen LogP contribution in [0.5, 0.6) is 0 Å². The number of benzene rings is 1. The van der Waals surface area contributed by atoms with E-state index in [4.69, 9.17) is 4.74 Å². The van der Waals surface area contributed by atoms with E-state index < -0.39 is 0 Å². The highest BCUT2D eigenvalue weighted by molar-refractivity contribution is 5.59. The molecule has 0 aromatic heterocycles. The van der Waals surface area contributed by atoms with Crippen molar-refractivity contribution in [1.82, 2.24) is 0 Å². The highest BCUT2D eigenvalue weighted by Crippen LogP contribution is 2.17. The van der Waals surface area contributed by atoms with Crippen LogP contribution in [0.3, 0.4) is 0 Å². The Morgan fingerprint density at radius 2 is 1.87 bits per heavy atom. The first kappa shape index (κ1) is 11.8. The maximum absolute atomic E-state index is 5.27. The Kier molecular flexibility index (Phi) is 4.41. The molecule has 15 heavy (non-hydrogen) atoms. The number of ether oxygens (including phenoxy) is 1. The van der Waals surface area contributed by atoms with E-state index >= 15 is 0 Å². The highest BCUT2D eigenvalue weighted by Gasteiger charge is 2.01. The number of hydrogen-bond donors (Lipinski definition) is 0. The lowest BCUT2D eigenvalue weighted by molar-refractivity contribution is 0.369. The maximum atomic E-state index is 5.27. The van der Waals surface area contributed by atoms with E-state index in [2.05, 4.69) is 38.1 Å². The maximum Gasteiger partial charge on any atom is 0.121 e. The molecule has 82 valence electrons. The summed E-state index contributed by atoms with van der Waals surface area (Å²) in [7, 11) is 1.71. The molecule has 0 aliphatic heterocycles. The molecule has 0 bridgehead atoms. The second-order valence-corrected chi connectivity index (χ2v) is 4.15. The van der Waals surface area contributed by atoms with Crippen molar-refractivity contribution in [3.63, 3.8) is 0 Å². The largest absolute Gasteiger partial charge is 0.496 e. The molecule has 0 saturated heterocycles. The van der Waals surface area contributed by atoms with E-state index in [1.165, 1.54) is 5.56 Å². The molecule has 1 heteroatoms. The highest BCUT2D eigenvalue weighted by atomic mass is 16.5. The van der Waals surface area contributed by atoms with Crippen LogP contribution in [0, 0.1) is 5.92 Å². The van der Waals surface area contributed by atoms with Crippen molar-refractivity contribution >= 4 is 5.76 Å². The lowest BCUT2D eigenvalue weighted by Crippen LogP contribution is -1.94. The summed E-state index contributed by atoms with van der Waals surface area (Å²) in [5, 5.41) is 0. The van der Waals surface area contributed by atoms with Gasteiger partial charge in [-0.25, -0.2) is 0 Å². The van der Waals surface area contributed by atoms with Gasteiger partial charge in [-0.2, -0.15) is 0 Å². The van der Waals surface area contributed by atoms with E-state index in [0.717, 1.165) is 17.7 Å². The van der Waals surface area contributed by atoms with Crippen LogP contribution in [0.2, 0.25) is 0 Å². The molecule has 0 fully saturated rings. The molecule has 0 atom stereocenters. The van der Waals surface area contributed by atoms with Gasteiger partial charge < -0.3 is 4.74 Å². The van der Waals surface area contributed by atoms with Crippen LogP contribution in [0.25, 0.3) is 5.76 Å². The molecular formula is C14H20O. The van der Waals surface area contributed by atoms with Crippen molar-refractivity contribution in [3.05, 3.63) is 41.5 Å². The Balaban J connectivity index is 2.80. The van der Waals surface area contributed by atoms with Crippen LogP contribution in [-0.4, -0.2) is 7.11 Å². The summed E-state index contributed by atoms with van der Waals surface area (Å²) in [5.74, 6) is 1.64. The molecule has 1 nitrogen and oxygen atoms in total. The number of hydrogen-bond acceptors (Lipinski definition) is 1. The summed E-state index contributed by atoms with van der Waals surface area (Å²) in [5.41, 5.74) is 2.54. The van der Waals surface area contributed by atoms with Gasteiger partial charge in [0.05, 0.1) is 7.11 Å². The van der Waals surface area contributed by atoms with Crippen LogP contribution in [-0.2, 0) is 11.2 Å². The van der Waals surface area contributed by atoms with Gasteiger partial charge in [-0.3, -0.25) is 0 Å². The second kappa shape index (κ2) is 5.59. The Hall–Kier alpha value is -1.24. The third-order valence-electron chi connectivity index (χ3n) is 2.36. The fraction of sp³-hybridized carbons (Fsp3) is 0.429. The van der Waals surface area contributed by atoms with Crippen LogP contribution in [0.4, 0.5) is 0 Å². The number of rotatable bonds is 4. The average Bonchev–Trinajstić information content (AvgIpc) is 2.21. The Morgan fingerprint density at radius 1 is 1.27 bits per heavy atom. The van der Waals surface area contributed by atoms with Crippen LogP contribution < -0.4 is 0 Å². The van der Waals surface area contributed by atoms with E-state index in [-0.39, 0.29) is 0 Å². The number of allylic oxidation sites excluding steroid dienone is 1. The van der Waals surface area contributed by atoms with Gasteiger partial charge in [-0.15, -0.1) is 0 Å². The topological polar surface area (TPSA) is 9.23 Å². The van der Waals surface area contributed by atoms with Crippen molar-refractivity contribution in [1.29, 1.82) is 0 Å². The van der Waals surface area contributed by atoms with E-state index in [1.54, 1.807) is 7.11 Å². The van der Waals surface area contributed by atoms with Gasteiger partial charge in [0.25, 0.3) is 0 Å². The average molecular weight is 204 g/mol. The summed E-state index contributed by atoms with van der Waals surface area (Å²) in [4.78, 5) is 0. The van der Waals surface area contributed by atoms with E-state index in [1.807, 2.05) is 13.0 Å². The van der Waals surface area contributed by atoms with Gasteiger partial charge >= 0.3 is 0 Å². The molecule has 1 aromatic carbocycles. The van der Waals surface area contributed by atoms with Crippen LogP contribution in [0.15, 0.2) is 30.3 Å².